The Morgan fingerprint density at radius 3 is 2.97 bits per heavy atom. The van der Waals surface area contributed by atoms with Gasteiger partial charge >= 0.3 is 0 Å². The minimum absolute atomic E-state index is 0.306. The van der Waals surface area contributed by atoms with Crippen LogP contribution in [0.5, 0.6) is 0 Å². The fourth-order valence-corrected chi connectivity index (χ4v) is 4.03. The third-order valence-electron chi connectivity index (χ3n) is 5.66. The maximum absolute atomic E-state index is 14.3. The molecule has 1 fully saturated rings. The molecule has 0 saturated carbocycles. The molecule has 4 aromatic heterocycles. The number of hydrogen-bond donors (Lipinski definition) is 3. The fraction of sp³-hybridized carbons (Fsp3) is 0.304. The van der Waals surface area contributed by atoms with Crippen LogP contribution in [0, 0.1) is 5.82 Å². The third kappa shape index (κ3) is 4.44. The van der Waals surface area contributed by atoms with Gasteiger partial charge < -0.3 is 16.0 Å². The quantitative estimate of drug-likeness (QED) is 0.368. The predicted molar refractivity (Wildman–Crippen MR) is 121 cm³/mol. The van der Waals surface area contributed by atoms with Crippen molar-refractivity contribution in [2.75, 3.05) is 18.4 Å². The predicted octanol–water partition coefficient (Wildman–Crippen LogP) is 3.30. The van der Waals surface area contributed by atoms with Crippen LogP contribution in [-0.4, -0.2) is 43.7 Å². The van der Waals surface area contributed by atoms with Gasteiger partial charge in [0.1, 0.15) is 11.2 Å². The number of anilines is 2. The highest BCUT2D eigenvalue weighted by molar-refractivity contribution is 5.78. The summed E-state index contributed by atoms with van der Waals surface area (Å²) in [6, 6.07) is 9.78. The van der Waals surface area contributed by atoms with Crippen molar-refractivity contribution in [3.63, 3.8) is 0 Å². The molecule has 1 saturated heterocycles. The molecule has 0 spiro atoms. The number of hydrogen-bond acceptors (Lipinski definition) is 7. The van der Waals surface area contributed by atoms with Crippen LogP contribution in [0.4, 0.5) is 15.9 Å². The second kappa shape index (κ2) is 9.37. The van der Waals surface area contributed by atoms with Gasteiger partial charge in [-0.3, -0.25) is 9.97 Å². The minimum Gasteiger partial charge on any atom is -0.336 e. The highest BCUT2D eigenvalue weighted by Crippen LogP contribution is 2.27. The maximum atomic E-state index is 14.3. The summed E-state index contributed by atoms with van der Waals surface area (Å²) < 4.78 is 16.1. The van der Waals surface area contributed by atoms with E-state index in [1.54, 1.807) is 23.0 Å². The van der Waals surface area contributed by atoms with Crippen LogP contribution in [0.15, 0.2) is 55.1 Å². The van der Waals surface area contributed by atoms with Crippen LogP contribution >= 0.6 is 0 Å². The van der Waals surface area contributed by atoms with Gasteiger partial charge in [0.2, 0.25) is 5.82 Å². The first kappa shape index (κ1) is 20.5. The van der Waals surface area contributed by atoms with Gasteiger partial charge in [-0.25, -0.2) is 13.9 Å². The molecular formula is C23H25FN8. The normalized spacial score (nSPS) is 16.0. The molecule has 1 aliphatic heterocycles. The van der Waals surface area contributed by atoms with Gasteiger partial charge in [0.15, 0.2) is 11.6 Å². The van der Waals surface area contributed by atoms with E-state index >= 15 is 0 Å². The Morgan fingerprint density at radius 1 is 1.19 bits per heavy atom. The topological polar surface area (TPSA) is 92.1 Å². The average molecular weight is 433 g/mol. The molecule has 0 amide bonds. The van der Waals surface area contributed by atoms with Crippen molar-refractivity contribution >= 4 is 17.0 Å². The van der Waals surface area contributed by atoms with Gasteiger partial charge in [-0.1, -0.05) is 6.07 Å². The number of fused-ring (bicyclic) bond motifs is 1. The Bertz CT molecular complexity index is 1190. The molecule has 1 atom stereocenters. The standard InChI is InChI=1S/C23H25FN8/c24-18-15-26-12-7-19(18)29-23-21-16(14-25-11-6-17-4-3-10-27-17)8-13-32(21)31-22(30-23)20-5-1-2-9-28-20/h1-2,5,7-9,12-13,15,17,25,27H,3-4,6,10-11,14H2,(H,26,29,30,31). The van der Waals surface area contributed by atoms with E-state index in [0.717, 1.165) is 30.6 Å². The summed E-state index contributed by atoms with van der Waals surface area (Å²) in [6.07, 6.45) is 9.91. The first-order valence-corrected chi connectivity index (χ1v) is 10.9. The van der Waals surface area contributed by atoms with Crippen molar-refractivity contribution in [3.05, 3.63) is 66.5 Å². The number of pyridine rings is 2. The Balaban J connectivity index is 1.45. The Morgan fingerprint density at radius 2 is 2.16 bits per heavy atom. The van der Waals surface area contributed by atoms with Crippen molar-refractivity contribution < 1.29 is 4.39 Å². The van der Waals surface area contributed by atoms with Crippen molar-refractivity contribution in [1.82, 2.24) is 35.2 Å². The molecule has 3 N–H and O–H groups in total. The second-order valence-corrected chi connectivity index (χ2v) is 7.87. The average Bonchev–Trinajstić information content (AvgIpc) is 3.49. The first-order valence-electron chi connectivity index (χ1n) is 10.9. The van der Waals surface area contributed by atoms with Crippen LogP contribution in [0.3, 0.4) is 0 Å². The molecule has 5 rings (SSSR count). The number of aromatic nitrogens is 5. The maximum Gasteiger partial charge on any atom is 0.200 e. The lowest BCUT2D eigenvalue weighted by molar-refractivity contribution is 0.524. The van der Waals surface area contributed by atoms with E-state index in [4.69, 9.17) is 4.98 Å². The molecule has 0 radical (unpaired) electrons. The van der Waals surface area contributed by atoms with Crippen LogP contribution in [0.1, 0.15) is 24.8 Å². The zero-order chi connectivity index (χ0) is 21.8. The second-order valence-electron chi connectivity index (χ2n) is 7.87. The van der Waals surface area contributed by atoms with Gasteiger partial charge in [-0.15, -0.1) is 5.10 Å². The summed E-state index contributed by atoms with van der Waals surface area (Å²) in [5.74, 6) is 0.529. The molecule has 1 aliphatic rings. The third-order valence-corrected chi connectivity index (χ3v) is 5.66. The van der Waals surface area contributed by atoms with E-state index < -0.39 is 5.82 Å². The molecule has 8 nitrogen and oxygen atoms in total. The molecule has 9 heteroatoms. The van der Waals surface area contributed by atoms with E-state index in [2.05, 4.69) is 31.0 Å². The Labute approximate surface area is 185 Å². The molecule has 32 heavy (non-hydrogen) atoms. The van der Waals surface area contributed by atoms with Gasteiger partial charge in [-0.2, -0.15) is 0 Å². The molecule has 0 bridgehead atoms. The number of nitrogens with one attached hydrogen (secondary N) is 3. The van der Waals surface area contributed by atoms with Crippen molar-refractivity contribution in [1.29, 1.82) is 0 Å². The molecule has 1 unspecified atom stereocenters. The van der Waals surface area contributed by atoms with E-state index in [1.807, 2.05) is 30.5 Å². The van der Waals surface area contributed by atoms with Crippen LogP contribution in [-0.2, 0) is 6.54 Å². The van der Waals surface area contributed by atoms with Gasteiger partial charge in [-0.05, 0) is 62.2 Å². The van der Waals surface area contributed by atoms with Crippen LogP contribution in [0.2, 0.25) is 0 Å². The SMILES string of the molecule is Fc1cnccc1Nc1nc(-c2ccccn2)nn2ccc(CNCCC3CCCN3)c12. The van der Waals surface area contributed by atoms with Crippen molar-refractivity contribution in [2.24, 2.45) is 0 Å². The van der Waals surface area contributed by atoms with E-state index in [1.165, 1.54) is 19.0 Å². The lowest BCUT2D eigenvalue weighted by atomic mass is 10.1. The number of nitrogens with zero attached hydrogens (tertiary/aromatic N) is 5. The molecule has 164 valence electrons. The largest absolute Gasteiger partial charge is 0.336 e. The van der Waals surface area contributed by atoms with Crippen molar-refractivity contribution in [3.8, 4) is 11.5 Å². The lowest BCUT2D eigenvalue weighted by Crippen LogP contribution is -2.26. The summed E-state index contributed by atoms with van der Waals surface area (Å²) >= 11 is 0. The van der Waals surface area contributed by atoms with E-state index in [-0.39, 0.29) is 0 Å². The van der Waals surface area contributed by atoms with Crippen LogP contribution < -0.4 is 16.0 Å². The number of rotatable bonds is 8. The summed E-state index contributed by atoms with van der Waals surface area (Å²) in [6.45, 7) is 2.71. The van der Waals surface area contributed by atoms with Gasteiger partial charge in [0.25, 0.3) is 0 Å². The molecule has 0 aliphatic carbocycles. The monoisotopic (exact) mass is 432 g/mol. The number of halogens is 1. The summed E-state index contributed by atoms with van der Waals surface area (Å²) in [5.41, 5.74) is 2.78. The molecule has 5 heterocycles. The highest BCUT2D eigenvalue weighted by Gasteiger charge is 2.17. The van der Waals surface area contributed by atoms with Crippen molar-refractivity contribution in [2.45, 2.75) is 31.8 Å². The van der Waals surface area contributed by atoms with E-state index in [0.29, 0.717) is 35.6 Å². The smallest absolute Gasteiger partial charge is 0.200 e. The molecule has 0 aromatic carbocycles. The molecule has 4 aromatic rings. The highest BCUT2D eigenvalue weighted by atomic mass is 19.1. The Kier molecular flexibility index (Phi) is 6.00. The van der Waals surface area contributed by atoms with Crippen LogP contribution in [0.25, 0.3) is 17.0 Å². The zero-order valence-corrected chi connectivity index (χ0v) is 17.6. The summed E-state index contributed by atoms with van der Waals surface area (Å²) in [5, 5.41) is 14.8. The Hall–Kier alpha value is -3.43. The summed E-state index contributed by atoms with van der Waals surface area (Å²) in [4.78, 5) is 12.9. The minimum atomic E-state index is -0.445. The lowest BCUT2D eigenvalue weighted by Gasteiger charge is -2.13. The summed E-state index contributed by atoms with van der Waals surface area (Å²) in [7, 11) is 0. The first-order chi connectivity index (χ1) is 15.8. The van der Waals surface area contributed by atoms with E-state index in [9.17, 15) is 4.39 Å². The molecular weight excluding hydrogens is 407 g/mol. The van der Waals surface area contributed by atoms with Gasteiger partial charge in [0.05, 0.1) is 11.9 Å². The fourth-order valence-electron chi connectivity index (χ4n) is 4.03. The van der Waals surface area contributed by atoms with Gasteiger partial charge in [0, 0.05) is 31.2 Å². The zero-order valence-electron chi connectivity index (χ0n) is 17.6.